The topological polar surface area (TPSA) is 97.2 Å². The number of para-hydroxylation sites is 1. The molecule has 0 saturated heterocycles. The largest absolute Gasteiger partial charge is 0.281 e. The van der Waals surface area contributed by atoms with Crippen molar-refractivity contribution >= 4 is 26.4 Å². The quantitative estimate of drug-likeness (QED) is 0.594. The van der Waals surface area contributed by atoms with Gasteiger partial charge in [0.2, 0.25) is 14.9 Å². The lowest BCUT2D eigenvalue weighted by Crippen LogP contribution is -2.12. The second-order valence-corrected chi connectivity index (χ2v) is 7.72. The first-order chi connectivity index (χ1) is 11.9. The van der Waals surface area contributed by atoms with Crippen LogP contribution in [0.5, 0.6) is 0 Å². The number of aryl methyl sites for hydroxylation is 2. The van der Waals surface area contributed by atoms with Gasteiger partial charge in [-0.2, -0.15) is 4.98 Å². The number of rotatable bonds is 2. The third-order valence-electron chi connectivity index (χ3n) is 4.28. The lowest BCUT2D eigenvalue weighted by Gasteiger charge is -2.05. The van der Waals surface area contributed by atoms with Gasteiger partial charge in [-0.05, 0) is 49.2 Å². The second kappa shape index (κ2) is 5.25. The maximum absolute atomic E-state index is 13.0. The van der Waals surface area contributed by atoms with E-state index in [2.05, 4.69) is 15.3 Å². The van der Waals surface area contributed by atoms with Gasteiger partial charge in [0.25, 0.3) is 5.56 Å². The number of nitrogens with one attached hydrogen (secondary N) is 1. The molecule has 4 rings (SSSR count). The van der Waals surface area contributed by atoms with Crippen molar-refractivity contribution in [2.45, 2.75) is 23.8 Å². The van der Waals surface area contributed by atoms with Crippen LogP contribution in [0, 0.1) is 13.8 Å². The summed E-state index contributed by atoms with van der Waals surface area (Å²) >= 11 is 0. The second-order valence-electron chi connectivity index (χ2n) is 5.86. The maximum Gasteiger partial charge on any atom is 0.281 e. The number of hydrogen-bond acceptors (Lipinski definition) is 5. The number of aromatic nitrogens is 4. The average Bonchev–Trinajstić information content (AvgIpc) is 3.02. The van der Waals surface area contributed by atoms with E-state index in [0.29, 0.717) is 10.9 Å². The van der Waals surface area contributed by atoms with Crippen LogP contribution in [0.4, 0.5) is 0 Å². The van der Waals surface area contributed by atoms with Crippen molar-refractivity contribution in [1.29, 1.82) is 0 Å². The van der Waals surface area contributed by atoms with Crippen LogP contribution in [-0.4, -0.2) is 28.2 Å². The molecule has 0 radical (unpaired) electrons. The molecule has 0 saturated carbocycles. The van der Waals surface area contributed by atoms with Gasteiger partial charge in [-0.25, -0.2) is 18.1 Å². The van der Waals surface area contributed by atoms with E-state index in [-0.39, 0.29) is 15.6 Å². The highest BCUT2D eigenvalue weighted by atomic mass is 32.2. The predicted octanol–water partition coefficient (Wildman–Crippen LogP) is 2.02. The number of hydrogen-bond donors (Lipinski definition) is 1. The lowest BCUT2D eigenvalue weighted by molar-refractivity contribution is 0.592. The van der Waals surface area contributed by atoms with E-state index >= 15 is 0 Å². The SMILES string of the molecule is Cc1ccc(S(=O)(=O)c2n[nH]n3c2nc(=O)c2ccccc23)cc1C. The highest BCUT2D eigenvalue weighted by molar-refractivity contribution is 7.91. The van der Waals surface area contributed by atoms with Crippen LogP contribution >= 0.6 is 0 Å². The molecule has 25 heavy (non-hydrogen) atoms. The van der Waals surface area contributed by atoms with Gasteiger partial charge in [0, 0.05) is 0 Å². The van der Waals surface area contributed by atoms with Crippen molar-refractivity contribution in [2.24, 2.45) is 0 Å². The van der Waals surface area contributed by atoms with Gasteiger partial charge >= 0.3 is 0 Å². The maximum atomic E-state index is 13.0. The standard InChI is InChI=1S/C17H14N4O3S/c1-10-7-8-12(9-11(10)2)25(23,24)17-15-18-16(22)13-5-3-4-6-14(13)21(15)20-19-17/h3-9,20H,1-2H3. The van der Waals surface area contributed by atoms with Gasteiger partial charge < -0.3 is 0 Å². The molecule has 2 aromatic heterocycles. The smallest absolute Gasteiger partial charge is 0.267 e. The molecule has 0 aliphatic carbocycles. The van der Waals surface area contributed by atoms with Gasteiger partial charge in [-0.1, -0.05) is 18.2 Å². The minimum Gasteiger partial charge on any atom is -0.267 e. The molecule has 0 atom stereocenters. The Kier molecular flexibility index (Phi) is 3.26. The van der Waals surface area contributed by atoms with Crippen molar-refractivity contribution in [2.75, 3.05) is 0 Å². The third-order valence-corrected chi connectivity index (χ3v) is 5.94. The van der Waals surface area contributed by atoms with Crippen molar-refractivity contribution in [3.8, 4) is 0 Å². The molecule has 2 heterocycles. The molecule has 8 heteroatoms. The number of nitrogens with zero attached hydrogens (tertiary/aromatic N) is 3. The highest BCUT2D eigenvalue weighted by Gasteiger charge is 2.26. The van der Waals surface area contributed by atoms with Gasteiger partial charge in [-0.3, -0.25) is 4.79 Å². The monoisotopic (exact) mass is 354 g/mol. The first-order valence-electron chi connectivity index (χ1n) is 7.58. The number of benzene rings is 2. The van der Waals surface area contributed by atoms with Crippen LogP contribution in [0.25, 0.3) is 16.6 Å². The summed E-state index contributed by atoms with van der Waals surface area (Å²) in [4.78, 5) is 16.3. The molecular weight excluding hydrogens is 340 g/mol. The molecule has 0 spiro atoms. The molecule has 0 fully saturated rings. The van der Waals surface area contributed by atoms with Crippen LogP contribution in [0.15, 0.2) is 57.2 Å². The normalized spacial score (nSPS) is 12.1. The van der Waals surface area contributed by atoms with Gasteiger partial charge in [0.15, 0.2) is 5.65 Å². The van der Waals surface area contributed by atoms with Crippen LogP contribution in [0.3, 0.4) is 0 Å². The molecular formula is C17H14N4O3S. The zero-order valence-electron chi connectivity index (χ0n) is 13.5. The summed E-state index contributed by atoms with van der Waals surface area (Å²) in [6.07, 6.45) is 0. The first kappa shape index (κ1) is 15.5. The summed E-state index contributed by atoms with van der Waals surface area (Å²) in [6, 6.07) is 11.7. The van der Waals surface area contributed by atoms with Crippen LogP contribution < -0.4 is 5.56 Å². The Labute approximate surface area is 142 Å². The van der Waals surface area contributed by atoms with Crippen LogP contribution in [-0.2, 0) is 9.84 Å². The Hall–Kier alpha value is -3.00. The predicted molar refractivity (Wildman–Crippen MR) is 92.5 cm³/mol. The van der Waals surface area contributed by atoms with E-state index in [1.54, 1.807) is 36.4 Å². The van der Waals surface area contributed by atoms with Gasteiger partial charge in [-0.15, -0.1) is 5.10 Å². The van der Waals surface area contributed by atoms with E-state index in [9.17, 15) is 13.2 Å². The Morgan fingerprint density at radius 1 is 1.04 bits per heavy atom. The molecule has 0 bridgehead atoms. The molecule has 1 N–H and O–H groups in total. The highest BCUT2D eigenvalue weighted by Crippen LogP contribution is 2.24. The Balaban J connectivity index is 2.04. The fourth-order valence-corrected chi connectivity index (χ4v) is 4.07. The molecule has 0 unspecified atom stereocenters. The Bertz CT molecular complexity index is 1300. The molecule has 126 valence electrons. The number of fused-ring (bicyclic) bond motifs is 3. The molecule has 0 amide bonds. The average molecular weight is 354 g/mol. The minimum atomic E-state index is -3.91. The fourth-order valence-electron chi connectivity index (χ4n) is 2.73. The lowest BCUT2D eigenvalue weighted by atomic mass is 10.1. The van der Waals surface area contributed by atoms with E-state index in [4.69, 9.17) is 0 Å². The van der Waals surface area contributed by atoms with E-state index in [1.165, 1.54) is 10.6 Å². The summed E-state index contributed by atoms with van der Waals surface area (Å²) in [7, 11) is -3.91. The van der Waals surface area contributed by atoms with Crippen LogP contribution in [0.2, 0.25) is 0 Å². The summed E-state index contributed by atoms with van der Waals surface area (Å²) < 4.78 is 27.4. The first-order valence-corrected chi connectivity index (χ1v) is 9.06. The number of sulfone groups is 1. The Morgan fingerprint density at radius 2 is 1.80 bits per heavy atom. The zero-order chi connectivity index (χ0) is 17.8. The summed E-state index contributed by atoms with van der Waals surface area (Å²) in [5.74, 6) is 0. The van der Waals surface area contributed by atoms with Crippen molar-refractivity contribution < 1.29 is 8.42 Å². The van der Waals surface area contributed by atoms with E-state index in [1.807, 2.05) is 13.8 Å². The molecule has 7 nitrogen and oxygen atoms in total. The van der Waals surface area contributed by atoms with E-state index < -0.39 is 15.4 Å². The summed E-state index contributed by atoms with van der Waals surface area (Å²) in [6.45, 7) is 3.75. The fraction of sp³-hybridized carbons (Fsp3) is 0.118. The van der Waals surface area contributed by atoms with Crippen molar-refractivity contribution in [3.05, 3.63) is 63.9 Å². The Morgan fingerprint density at radius 3 is 2.56 bits per heavy atom. The van der Waals surface area contributed by atoms with Gasteiger partial charge in [0.05, 0.1) is 15.8 Å². The molecule has 0 aliphatic rings. The van der Waals surface area contributed by atoms with Crippen molar-refractivity contribution in [1.82, 2.24) is 19.8 Å². The summed E-state index contributed by atoms with van der Waals surface area (Å²) in [5.41, 5.74) is 1.87. The number of H-pyrrole nitrogens is 1. The third kappa shape index (κ3) is 2.25. The zero-order valence-corrected chi connectivity index (χ0v) is 14.3. The van der Waals surface area contributed by atoms with Crippen LogP contribution in [0.1, 0.15) is 11.1 Å². The number of aromatic amines is 1. The molecule has 4 aromatic rings. The molecule has 0 aliphatic heterocycles. The van der Waals surface area contributed by atoms with E-state index in [0.717, 1.165) is 11.1 Å². The summed E-state index contributed by atoms with van der Waals surface area (Å²) in [5, 5.41) is 6.70. The van der Waals surface area contributed by atoms with Crippen molar-refractivity contribution in [3.63, 3.8) is 0 Å². The van der Waals surface area contributed by atoms with Gasteiger partial charge in [0.1, 0.15) is 0 Å². The molecule has 2 aromatic carbocycles. The minimum absolute atomic E-state index is 0.0121.